The highest BCUT2D eigenvalue weighted by atomic mass is 79.9. The maximum Gasteiger partial charge on any atom is 0.208 e. The molecule has 0 atom stereocenters. The van der Waals surface area contributed by atoms with E-state index >= 15 is 0 Å². The number of nitrogens with one attached hydrogen (secondary N) is 1. The molecule has 0 aliphatic heterocycles. The van der Waals surface area contributed by atoms with Gasteiger partial charge in [0.05, 0.1) is 15.9 Å². The van der Waals surface area contributed by atoms with E-state index in [9.17, 15) is 4.79 Å². The van der Waals surface area contributed by atoms with Gasteiger partial charge >= 0.3 is 0 Å². The molecule has 0 saturated heterocycles. The lowest BCUT2D eigenvalue weighted by Crippen LogP contribution is -2.08. The molecule has 0 fully saturated rings. The fraction of sp³-hybridized carbons (Fsp3) is 0.0909. The molecule has 2 rings (SSSR count). The van der Waals surface area contributed by atoms with Crippen LogP contribution < -0.4 is 5.43 Å². The number of benzene rings is 1. The summed E-state index contributed by atoms with van der Waals surface area (Å²) in [5.74, 6) is 0. The molecule has 1 aromatic carbocycles. The summed E-state index contributed by atoms with van der Waals surface area (Å²) in [4.78, 5) is 14.8. The lowest BCUT2D eigenvalue weighted by atomic mass is 10.1. The molecule has 5 heteroatoms. The molecule has 1 N–H and O–H groups in total. The fourth-order valence-electron chi connectivity index (χ4n) is 1.53. The monoisotopic (exact) mass is 296 g/mol. The summed E-state index contributed by atoms with van der Waals surface area (Å²) in [5.41, 5.74) is 1.12. The Labute approximate surface area is 105 Å². The molecule has 0 aliphatic rings. The third-order valence-electron chi connectivity index (χ3n) is 2.35. The number of aromatic amines is 1. The Kier molecular flexibility index (Phi) is 2.75. The van der Waals surface area contributed by atoms with E-state index in [0.29, 0.717) is 15.9 Å². The molecular weight excluding hydrogens is 291 g/mol. The highest BCUT2D eigenvalue weighted by molar-refractivity contribution is 9.10. The van der Waals surface area contributed by atoms with Crippen molar-refractivity contribution in [1.82, 2.24) is 4.98 Å². The maximum atomic E-state index is 11.9. The van der Waals surface area contributed by atoms with Gasteiger partial charge in [0.1, 0.15) is 11.6 Å². The van der Waals surface area contributed by atoms with Crippen LogP contribution in [0.15, 0.2) is 21.5 Å². The fourth-order valence-corrected chi connectivity index (χ4v) is 2.42. The summed E-state index contributed by atoms with van der Waals surface area (Å²) in [5, 5.41) is 9.52. The van der Waals surface area contributed by atoms with Gasteiger partial charge < -0.3 is 4.98 Å². The van der Waals surface area contributed by atoms with Crippen LogP contribution in [-0.2, 0) is 0 Å². The molecule has 0 saturated carbocycles. The predicted molar refractivity (Wildman–Crippen MR) is 66.7 cm³/mol. The Morgan fingerprint density at radius 3 is 2.88 bits per heavy atom. The highest BCUT2D eigenvalue weighted by Crippen LogP contribution is 2.29. The number of fused-ring (bicyclic) bond motifs is 1. The van der Waals surface area contributed by atoms with Crippen molar-refractivity contribution in [1.29, 1.82) is 5.26 Å². The van der Waals surface area contributed by atoms with Crippen LogP contribution in [-0.4, -0.2) is 4.98 Å². The van der Waals surface area contributed by atoms with Gasteiger partial charge in [-0.1, -0.05) is 11.6 Å². The third-order valence-corrected chi connectivity index (χ3v) is 3.46. The summed E-state index contributed by atoms with van der Waals surface area (Å²) in [6.45, 7) is 1.81. The van der Waals surface area contributed by atoms with Crippen molar-refractivity contribution < 1.29 is 0 Å². The minimum atomic E-state index is -0.342. The number of aromatic nitrogens is 1. The second kappa shape index (κ2) is 3.93. The second-order valence-corrected chi connectivity index (χ2v) is 4.61. The number of pyridine rings is 1. The van der Waals surface area contributed by atoms with Crippen molar-refractivity contribution in [3.63, 3.8) is 0 Å². The molecule has 1 heterocycles. The molecule has 0 radical (unpaired) electrons. The molecule has 1 aromatic heterocycles. The van der Waals surface area contributed by atoms with Crippen LogP contribution >= 0.6 is 27.5 Å². The normalized spacial score (nSPS) is 10.4. The van der Waals surface area contributed by atoms with Crippen LogP contribution in [0, 0.1) is 18.3 Å². The number of nitriles is 1. The Morgan fingerprint density at radius 1 is 1.56 bits per heavy atom. The van der Waals surface area contributed by atoms with E-state index in [1.165, 1.54) is 6.20 Å². The average Bonchev–Trinajstić information content (AvgIpc) is 2.26. The highest BCUT2D eigenvalue weighted by Gasteiger charge is 2.12. The van der Waals surface area contributed by atoms with E-state index in [-0.39, 0.29) is 11.0 Å². The number of H-pyrrole nitrogens is 1. The first-order valence-corrected chi connectivity index (χ1v) is 5.63. The van der Waals surface area contributed by atoms with Crippen LogP contribution in [0.25, 0.3) is 10.9 Å². The van der Waals surface area contributed by atoms with Crippen molar-refractivity contribution in [2.45, 2.75) is 6.92 Å². The van der Waals surface area contributed by atoms with E-state index in [4.69, 9.17) is 16.9 Å². The molecule has 2 aromatic rings. The smallest absolute Gasteiger partial charge is 0.208 e. The standard InChI is InChI=1S/C11H6BrClN2O/c1-5-2-7(12)10-8(9(5)13)11(16)6(3-14)4-15-10/h2,4H,1H3,(H,15,16). The van der Waals surface area contributed by atoms with Crippen LogP contribution in [0.1, 0.15) is 11.1 Å². The Hall–Kier alpha value is -1.31. The molecule has 0 aliphatic carbocycles. The molecule has 80 valence electrons. The Bertz CT molecular complexity index is 685. The molecule has 3 nitrogen and oxygen atoms in total. The number of aryl methyl sites for hydroxylation is 1. The molecular formula is C11H6BrClN2O. The zero-order valence-corrected chi connectivity index (χ0v) is 10.6. The van der Waals surface area contributed by atoms with Gasteiger partial charge in [0.15, 0.2) is 0 Å². The van der Waals surface area contributed by atoms with E-state index < -0.39 is 0 Å². The second-order valence-electron chi connectivity index (χ2n) is 3.38. The van der Waals surface area contributed by atoms with E-state index in [0.717, 1.165) is 10.0 Å². The SMILES string of the molecule is Cc1cc(Br)c2[nH]cc(C#N)c(=O)c2c1Cl. The summed E-state index contributed by atoms with van der Waals surface area (Å²) in [7, 11) is 0. The lowest BCUT2D eigenvalue weighted by Gasteiger charge is -2.06. The lowest BCUT2D eigenvalue weighted by molar-refractivity contribution is 1.33. The van der Waals surface area contributed by atoms with Gasteiger partial charge in [-0.3, -0.25) is 4.79 Å². The summed E-state index contributed by atoms with van der Waals surface area (Å²) in [6.07, 6.45) is 1.39. The molecule has 0 unspecified atom stereocenters. The number of rotatable bonds is 0. The van der Waals surface area contributed by atoms with E-state index in [2.05, 4.69) is 20.9 Å². The maximum absolute atomic E-state index is 11.9. The van der Waals surface area contributed by atoms with Crippen molar-refractivity contribution in [3.8, 4) is 6.07 Å². The first-order valence-electron chi connectivity index (χ1n) is 4.46. The number of halogens is 2. The van der Waals surface area contributed by atoms with Gasteiger partial charge in [-0.15, -0.1) is 0 Å². The van der Waals surface area contributed by atoms with Gasteiger partial charge in [0.25, 0.3) is 0 Å². The summed E-state index contributed by atoms with van der Waals surface area (Å²) >= 11 is 9.43. The predicted octanol–water partition coefficient (Wildman–Crippen LogP) is 3.12. The summed E-state index contributed by atoms with van der Waals surface area (Å²) < 4.78 is 0.756. The number of hydrogen-bond acceptors (Lipinski definition) is 2. The first kappa shape index (κ1) is 11.2. The van der Waals surface area contributed by atoms with Crippen LogP contribution in [0.4, 0.5) is 0 Å². The molecule has 0 amide bonds. The van der Waals surface area contributed by atoms with Crippen LogP contribution in [0.2, 0.25) is 5.02 Å². The van der Waals surface area contributed by atoms with Gasteiger partial charge in [-0.25, -0.2) is 0 Å². The van der Waals surface area contributed by atoms with Crippen molar-refractivity contribution >= 4 is 38.4 Å². The summed E-state index contributed by atoms with van der Waals surface area (Å²) in [6, 6.07) is 3.66. The minimum absolute atomic E-state index is 0.0619. The average molecular weight is 298 g/mol. The minimum Gasteiger partial charge on any atom is -0.359 e. The van der Waals surface area contributed by atoms with E-state index in [1.807, 2.05) is 19.1 Å². The van der Waals surface area contributed by atoms with Crippen molar-refractivity contribution in [3.05, 3.63) is 43.1 Å². The van der Waals surface area contributed by atoms with Crippen LogP contribution in [0.5, 0.6) is 0 Å². The molecule has 16 heavy (non-hydrogen) atoms. The van der Waals surface area contributed by atoms with Crippen molar-refractivity contribution in [2.75, 3.05) is 0 Å². The van der Waals surface area contributed by atoms with Gasteiger partial charge in [0, 0.05) is 10.7 Å². The van der Waals surface area contributed by atoms with Gasteiger partial charge in [-0.2, -0.15) is 5.26 Å². The largest absolute Gasteiger partial charge is 0.359 e. The third kappa shape index (κ3) is 1.53. The number of nitrogens with zero attached hydrogens (tertiary/aromatic N) is 1. The van der Waals surface area contributed by atoms with Gasteiger partial charge in [-0.05, 0) is 34.5 Å². The molecule has 0 bridgehead atoms. The van der Waals surface area contributed by atoms with Crippen LogP contribution in [0.3, 0.4) is 0 Å². The zero-order chi connectivity index (χ0) is 11.9. The van der Waals surface area contributed by atoms with Crippen molar-refractivity contribution in [2.24, 2.45) is 0 Å². The topological polar surface area (TPSA) is 56.6 Å². The quantitative estimate of drug-likeness (QED) is 0.812. The first-order chi connectivity index (χ1) is 7.56. The Morgan fingerprint density at radius 2 is 2.25 bits per heavy atom. The molecule has 0 spiro atoms. The Balaban J connectivity index is 3.10. The van der Waals surface area contributed by atoms with E-state index in [1.54, 1.807) is 0 Å². The van der Waals surface area contributed by atoms with Gasteiger partial charge in [0.2, 0.25) is 5.43 Å². The number of hydrogen-bond donors (Lipinski definition) is 1. The zero-order valence-electron chi connectivity index (χ0n) is 8.27.